The third-order valence-corrected chi connectivity index (χ3v) is 8.98. The van der Waals surface area contributed by atoms with Crippen LogP contribution in [0.15, 0.2) is 54.9 Å². The molecule has 7 rings (SSSR count). The predicted molar refractivity (Wildman–Crippen MR) is 183 cm³/mol. The highest BCUT2D eigenvalue weighted by molar-refractivity contribution is 6.05. The molecular weight excluding hydrogens is 649 g/mol. The number of nitrogens with zero attached hydrogens (tertiary/aromatic N) is 8. The molecule has 0 atom stereocenters. The van der Waals surface area contributed by atoms with Crippen LogP contribution in [0.2, 0.25) is 0 Å². The SMILES string of the molecule is Cc1nc2c(F)cc(-c3nc(Nc4ccc(N5CCN(Cc6ccc(N7CCC(=O)NC7=O)cc6F)CC5)cn4)ncc3F)cc2n1C(C)C. The van der Waals surface area contributed by atoms with Gasteiger partial charge >= 0.3 is 6.03 Å². The van der Waals surface area contributed by atoms with Gasteiger partial charge in [-0.3, -0.25) is 19.9 Å². The Morgan fingerprint density at radius 1 is 0.860 bits per heavy atom. The van der Waals surface area contributed by atoms with Gasteiger partial charge in [-0.2, -0.15) is 0 Å². The summed E-state index contributed by atoms with van der Waals surface area (Å²) in [5.74, 6) is -0.758. The van der Waals surface area contributed by atoms with Gasteiger partial charge < -0.3 is 14.8 Å². The molecule has 15 heteroatoms. The number of anilines is 4. The van der Waals surface area contributed by atoms with E-state index >= 15 is 8.78 Å². The summed E-state index contributed by atoms with van der Waals surface area (Å²) < 4.78 is 47.0. The van der Waals surface area contributed by atoms with E-state index in [0.29, 0.717) is 61.1 Å². The van der Waals surface area contributed by atoms with E-state index in [2.05, 4.69) is 40.4 Å². The number of rotatable bonds is 8. The Labute approximate surface area is 286 Å². The second kappa shape index (κ2) is 13.4. The molecule has 3 amide bonds. The lowest BCUT2D eigenvalue weighted by Crippen LogP contribution is -2.49. The number of imide groups is 1. The first-order chi connectivity index (χ1) is 24.0. The Balaban J connectivity index is 0.977. The van der Waals surface area contributed by atoms with Crippen molar-refractivity contribution < 1.29 is 22.8 Å². The summed E-state index contributed by atoms with van der Waals surface area (Å²) in [6.07, 6.45) is 2.94. The van der Waals surface area contributed by atoms with Gasteiger partial charge in [0, 0.05) is 68.5 Å². The molecular formula is C35H35F3N10O2. The number of hydrogen-bond donors (Lipinski definition) is 2. The number of aromatic nitrogens is 5. The first-order valence-corrected chi connectivity index (χ1v) is 16.3. The van der Waals surface area contributed by atoms with Crippen molar-refractivity contribution in [1.29, 1.82) is 0 Å². The Morgan fingerprint density at radius 2 is 1.64 bits per heavy atom. The number of aryl methyl sites for hydroxylation is 1. The molecule has 0 saturated carbocycles. The Hall–Kier alpha value is -5.57. The fourth-order valence-corrected chi connectivity index (χ4v) is 6.50. The number of piperazine rings is 1. The molecule has 5 heterocycles. The highest BCUT2D eigenvalue weighted by atomic mass is 19.1. The molecule has 258 valence electrons. The van der Waals surface area contributed by atoms with Gasteiger partial charge in [-0.05, 0) is 57.2 Å². The Bertz CT molecular complexity index is 2100. The summed E-state index contributed by atoms with van der Waals surface area (Å²) in [5.41, 5.74) is 2.86. The van der Waals surface area contributed by atoms with Crippen LogP contribution in [0.5, 0.6) is 0 Å². The number of carbonyl (C=O) groups is 2. The van der Waals surface area contributed by atoms with Crippen LogP contribution >= 0.6 is 0 Å². The molecule has 0 radical (unpaired) electrons. The minimum absolute atomic E-state index is 0.0290. The summed E-state index contributed by atoms with van der Waals surface area (Å²) in [5, 5.41) is 5.27. The molecule has 0 bridgehead atoms. The zero-order chi connectivity index (χ0) is 35.1. The van der Waals surface area contributed by atoms with E-state index < -0.39 is 23.5 Å². The summed E-state index contributed by atoms with van der Waals surface area (Å²) in [6, 6.07) is 10.8. The smallest absolute Gasteiger partial charge is 0.328 e. The van der Waals surface area contributed by atoms with Crippen molar-refractivity contribution in [3.05, 3.63) is 83.7 Å². The second-order valence-corrected chi connectivity index (χ2v) is 12.7. The van der Waals surface area contributed by atoms with Crippen LogP contribution in [-0.2, 0) is 11.3 Å². The maximum atomic E-state index is 15.1. The van der Waals surface area contributed by atoms with Crippen molar-refractivity contribution in [2.24, 2.45) is 0 Å². The molecule has 2 fully saturated rings. The molecule has 2 saturated heterocycles. The zero-order valence-electron chi connectivity index (χ0n) is 27.8. The average molecular weight is 685 g/mol. The normalized spacial score (nSPS) is 15.7. The van der Waals surface area contributed by atoms with E-state index in [4.69, 9.17) is 0 Å². The number of fused-ring (bicyclic) bond motifs is 1. The van der Waals surface area contributed by atoms with E-state index in [-0.39, 0.29) is 47.6 Å². The van der Waals surface area contributed by atoms with Gasteiger partial charge in [0.05, 0.1) is 23.6 Å². The van der Waals surface area contributed by atoms with Gasteiger partial charge in [0.15, 0.2) is 11.6 Å². The molecule has 0 spiro atoms. The minimum atomic E-state index is -0.686. The summed E-state index contributed by atoms with van der Waals surface area (Å²) >= 11 is 0. The first kappa shape index (κ1) is 33.0. The summed E-state index contributed by atoms with van der Waals surface area (Å²) in [6.45, 7) is 9.20. The van der Waals surface area contributed by atoms with Gasteiger partial charge in [-0.1, -0.05) is 6.07 Å². The molecule has 0 unspecified atom stereocenters. The molecule has 2 aromatic carbocycles. The van der Waals surface area contributed by atoms with Gasteiger partial charge in [-0.25, -0.2) is 37.9 Å². The maximum Gasteiger partial charge on any atom is 0.328 e. The number of amides is 3. The summed E-state index contributed by atoms with van der Waals surface area (Å²) in [7, 11) is 0. The first-order valence-electron chi connectivity index (χ1n) is 16.3. The predicted octanol–water partition coefficient (Wildman–Crippen LogP) is 5.71. The van der Waals surface area contributed by atoms with E-state index in [1.807, 2.05) is 31.4 Å². The molecule has 3 aromatic heterocycles. The van der Waals surface area contributed by atoms with Gasteiger partial charge in [0.2, 0.25) is 11.9 Å². The van der Waals surface area contributed by atoms with E-state index in [9.17, 15) is 14.0 Å². The standard InChI is InChI=1S/C35H35F3N10O2/c1-20(2)48-21(3)41-33-27(37)14-23(15-29(33)48)32-28(38)18-40-34(44-32)42-30-7-6-25(17-39-30)46-12-10-45(11-13-46)19-22-4-5-24(16-26(22)36)47-9-8-31(49)43-35(47)50/h4-7,14-18,20H,8-13,19H2,1-3H3,(H,43,49,50)(H,39,40,42,44). The largest absolute Gasteiger partial charge is 0.368 e. The number of benzene rings is 2. The minimum Gasteiger partial charge on any atom is -0.368 e. The fraction of sp³-hybridized carbons (Fsp3) is 0.314. The van der Waals surface area contributed by atoms with Crippen LogP contribution in [0.3, 0.4) is 0 Å². The highest BCUT2D eigenvalue weighted by Gasteiger charge is 2.26. The van der Waals surface area contributed by atoms with Crippen molar-refractivity contribution >= 4 is 46.1 Å². The lowest BCUT2D eigenvalue weighted by Gasteiger charge is -2.36. The second-order valence-electron chi connectivity index (χ2n) is 12.7. The van der Waals surface area contributed by atoms with E-state index in [1.54, 1.807) is 30.5 Å². The third kappa shape index (κ3) is 6.55. The van der Waals surface area contributed by atoms with Crippen molar-refractivity contribution in [3.8, 4) is 11.3 Å². The molecule has 12 nitrogen and oxygen atoms in total. The number of carbonyl (C=O) groups excluding carboxylic acids is 2. The number of nitrogens with one attached hydrogen (secondary N) is 2. The molecule has 2 aliphatic rings. The van der Waals surface area contributed by atoms with Crippen LogP contribution in [0.4, 0.5) is 41.1 Å². The lowest BCUT2D eigenvalue weighted by molar-refractivity contribution is -0.120. The lowest BCUT2D eigenvalue weighted by atomic mass is 10.1. The summed E-state index contributed by atoms with van der Waals surface area (Å²) in [4.78, 5) is 46.5. The number of hydrogen-bond acceptors (Lipinski definition) is 9. The third-order valence-electron chi connectivity index (χ3n) is 8.98. The van der Waals surface area contributed by atoms with Crippen LogP contribution in [0.25, 0.3) is 22.3 Å². The zero-order valence-corrected chi connectivity index (χ0v) is 27.8. The van der Waals surface area contributed by atoms with Crippen molar-refractivity contribution in [2.45, 2.75) is 39.8 Å². The number of halogens is 3. The van der Waals surface area contributed by atoms with Gasteiger partial charge in [0.25, 0.3) is 0 Å². The van der Waals surface area contributed by atoms with Gasteiger partial charge in [-0.15, -0.1) is 0 Å². The number of urea groups is 1. The Kier molecular flexibility index (Phi) is 8.82. The molecule has 5 aromatic rings. The topological polar surface area (TPSA) is 124 Å². The molecule has 0 aliphatic carbocycles. The van der Waals surface area contributed by atoms with Crippen molar-refractivity contribution in [1.82, 2.24) is 34.7 Å². The molecule has 2 N–H and O–H groups in total. The number of pyridine rings is 1. The van der Waals surface area contributed by atoms with Gasteiger partial charge in [0.1, 0.15) is 28.7 Å². The van der Waals surface area contributed by atoms with E-state index in [1.165, 1.54) is 17.0 Å². The van der Waals surface area contributed by atoms with Crippen molar-refractivity contribution in [3.63, 3.8) is 0 Å². The van der Waals surface area contributed by atoms with E-state index in [0.717, 1.165) is 11.9 Å². The fourth-order valence-electron chi connectivity index (χ4n) is 6.50. The van der Waals surface area contributed by atoms with Crippen LogP contribution in [-0.4, -0.2) is 74.1 Å². The van der Waals surface area contributed by atoms with Crippen LogP contribution < -0.4 is 20.4 Å². The number of imidazole rings is 1. The maximum absolute atomic E-state index is 15.1. The highest BCUT2D eigenvalue weighted by Crippen LogP contribution is 2.31. The van der Waals surface area contributed by atoms with Crippen molar-refractivity contribution in [2.75, 3.05) is 47.8 Å². The quantitative estimate of drug-likeness (QED) is 0.212. The average Bonchev–Trinajstić information content (AvgIpc) is 3.44. The molecule has 50 heavy (non-hydrogen) atoms. The van der Waals surface area contributed by atoms with Crippen LogP contribution in [0.1, 0.15) is 37.7 Å². The monoisotopic (exact) mass is 684 g/mol. The van der Waals surface area contributed by atoms with Crippen LogP contribution in [0, 0.1) is 24.4 Å². The molecule has 2 aliphatic heterocycles. The Morgan fingerprint density at radius 3 is 2.34 bits per heavy atom.